The maximum Gasteiger partial charge on any atom is 0.300 e. The lowest BCUT2D eigenvalue weighted by Crippen LogP contribution is -2.29. The van der Waals surface area contributed by atoms with Gasteiger partial charge in [-0.3, -0.25) is 14.5 Å². The Bertz CT molecular complexity index is 1580. The molecule has 0 bridgehead atoms. The van der Waals surface area contributed by atoms with Crippen molar-refractivity contribution in [2.24, 2.45) is 5.92 Å². The highest BCUT2D eigenvalue weighted by atomic mass is 16.5. The van der Waals surface area contributed by atoms with Crippen molar-refractivity contribution in [3.63, 3.8) is 0 Å². The number of para-hydroxylation sites is 1. The average molecular weight is 509 g/mol. The molecule has 6 heteroatoms. The van der Waals surface area contributed by atoms with E-state index in [1.165, 1.54) is 4.90 Å². The van der Waals surface area contributed by atoms with Crippen LogP contribution in [0.4, 0.5) is 5.69 Å². The summed E-state index contributed by atoms with van der Waals surface area (Å²) in [6, 6.07) is 19.7. The number of amides is 1. The van der Waals surface area contributed by atoms with E-state index < -0.39 is 17.7 Å². The number of ketones is 1. The number of carbonyl (C=O) groups is 2. The summed E-state index contributed by atoms with van der Waals surface area (Å²) >= 11 is 0. The summed E-state index contributed by atoms with van der Waals surface area (Å²) in [6.45, 7) is 10.6. The first-order valence-corrected chi connectivity index (χ1v) is 12.9. The van der Waals surface area contributed by atoms with Gasteiger partial charge in [-0.05, 0) is 80.3 Å². The number of ether oxygens (including phenoxy) is 1. The van der Waals surface area contributed by atoms with E-state index in [4.69, 9.17) is 4.74 Å². The number of benzene rings is 3. The van der Waals surface area contributed by atoms with Gasteiger partial charge in [0, 0.05) is 33.4 Å². The molecule has 0 spiro atoms. The molecule has 0 saturated carbocycles. The number of aromatic amines is 1. The van der Waals surface area contributed by atoms with Crippen LogP contribution >= 0.6 is 0 Å². The molecular formula is C32H32N2O4. The van der Waals surface area contributed by atoms with Crippen molar-refractivity contribution in [3.05, 3.63) is 100 Å². The number of aryl methyl sites for hydroxylation is 3. The zero-order chi connectivity index (χ0) is 27.1. The second kappa shape index (κ2) is 9.86. The Morgan fingerprint density at radius 3 is 2.37 bits per heavy atom. The van der Waals surface area contributed by atoms with Crippen LogP contribution in [0.1, 0.15) is 47.8 Å². The van der Waals surface area contributed by atoms with E-state index in [1.54, 1.807) is 24.3 Å². The quantitative estimate of drug-likeness (QED) is 0.171. The van der Waals surface area contributed by atoms with Gasteiger partial charge in [-0.1, -0.05) is 38.1 Å². The van der Waals surface area contributed by atoms with E-state index in [2.05, 4.69) is 18.8 Å². The molecule has 6 nitrogen and oxygen atoms in total. The number of nitrogens with one attached hydrogen (secondary N) is 1. The van der Waals surface area contributed by atoms with Gasteiger partial charge in [0.1, 0.15) is 11.5 Å². The van der Waals surface area contributed by atoms with E-state index in [-0.39, 0.29) is 11.3 Å². The maximum absolute atomic E-state index is 13.6. The molecule has 1 saturated heterocycles. The van der Waals surface area contributed by atoms with Crippen molar-refractivity contribution in [3.8, 4) is 5.75 Å². The van der Waals surface area contributed by atoms with Crippen LogP contribution in [-0.4, -0.2) is 28.4 Å². The molecule has 194 valence electrons. The van der Waals surface area contributed by atoms with Gasteiger partial charge >= 0.3 is 0 Å². The normalized spacial score (nSPS) is 17.1. The predicted molar refractivity (Wildman–Crippen MR) is 151 cm³/mol. The summed E-state index contributed by atoms with van der Waals surface area (Å²) in [5.74, 6) is -0.532. The van der Waals surface area contributed by atoms with E-state index in [1.807, 2.05) is 63.2 Å². The third kappa shape index (κ3) is 4.36. The fourth-order valence-corrected chi connectivity index (χ4v) is 5.03. The van der Waals surface area contributed by atoms with Gasteiger partial charge in [0.15, 0.2) is 0 Å². The highest BCUT2D eigenvalue weighted by molar-refractivity contribution is 6.52. The topological polar surface area (TPSA) is 82.6 Å². The van der Waals surface area contributed by atoms with Crippen LogP contribution < -0.4 is 9.64 Å². The molecule has 5 rings (SSSR count). The maximum atomic E-state index is 13.6. The Balaban J connectivity index is 1.70. The third-order valence-electron chi connectivity index (χ3n) is 7.14. The summed E-state index contributed by atoms with van der Waals surface area (Å²) in [6.07, 6.45) is 0. The highest BCUT2D eigenvalue weighted by Crippen LogP contribution is 2.45. The Labute approximate surface area is 222 Å². The number of H-pyrrole nitrogens is 1. The van der Waals surface area contributed by atoms with E-state index in [0.717, 1.165) is 33.3 Å². The first-order valence-electron chi connectivity index (χ1n) is 12.9. The van der Waals surface area contributed by atoms with Gasteiger partial charge in [-0.2, -0.15) is 0 Å². The molecule has 1 aromatic heterocycles. The lowest BCUT2D eigenvalue weighted by atomic mass is 9.93. The van der Waals surface area contributed by atoms with Crippen molar-refractivity contribution in [1.29, 1.82) is 0 Å². The van der Waals surface area contributed by atoms with Crippen LogP contribution in [0.2, 0.25) is 0 Å². The lowest BCUT2D eigenvalue weighted by Gasteiger charge is -2.26. The van der Waals surface area contributed by atoms with Crippen molar-refractivity contribution in [2.45, 2.75) is 40.7 Å². The third-order valence-corrected chi connectivity index (χ3v) is 7.14. The Morgan fingerprint density at radius 1 is 0.974 bits per heavy atom. The SMILES string of the molecule is Cc1ccc(N2C(=O)C(=O)/C(=C(/O)c3ccc(OCC(C)C)cc3)C2c2c(C)[nH]c3ccccc23)cc1C. The smallest absolute Gasteiger partial charge is 0.300 e. The number of aromatic nitrogens is 1. The van der Waals surface area contributed by atoms with Crippen LogP contribution in [0.5, 0.6) is 5.75 Å². The number of Topliss-reactive ketones (excluding diaryl/α,β-unsaturated/α-hetero) is 1. The molecule has 0 aliphatic carbocycles. The Hall–Kier alpha value is -4.32. The number of fused-ring (bicyclic) bond motifs is 1. The second-order valence-corrected chi connectivity index (χ2v) is 10.4. The molecule has 4 aromatic rings. The zero-order valence-electron chi connectivity index (χ0n) is 22.3. The molecule has 2 heterocycles. The Morgan fingerprint density at radius 2 is 1.68 bits per heavy atom. The minimum atomic E-state index is -0.801. The van der Waals surface area contributed by atoms with Gasteiger partial charge in [-0.25, -0.2) is 0 Å². The minimum absolute atomic E-state index is 0.0666. The zero-order valence-corrected chi connectivity index (χ0v) is 22.3. The van der Waals surface area contributed by atoms with Crippen molar-refractivity contribution >= 4 is 34.0 Å². The number of rotatable bonds is 6. The molecule has 3 aromatic carbocycles. The van der Waals surface area contributed by atoms with Crippen molar-refractivity contribution in [1.82, 2.24) is 4.98 Å². The lowest BCUT2D eigenvalue weighted by molar-refractivity contribution is -0.132. The number of hydrogen-bond donors (Lipinski definition) is 2. The Kier molecular flexibility index (Phi) is 6.57. The average Bonchev–Trinajstić information content (AvgIpc) is 3.36. The summed E-state index contributed by atoms with van der Waals surface area (Å²) in [4.78, 5) is 32.1. The van der Waals surface area contributed by atoms with Gasteiger partial charge < -0.3 is 14.8 Å². The highest BCUT2D eigenvalue weighted by Gasteiger charge is 2.48. The number of anilines is 1. The van der Waals surface area contributed by atoms with Gasteiger partial charge in [0.2, 0.25) is 0 Å². The first kappa shape index (κ1) is 25.3. The molecule has 1 amide bonds. The fourth-order valence-electron chi connectivity index (χ4n) is 5.03. The number of hydrogen-bond acceptors (Lipinski definition) is 4. The molecule has 1 aliphatic heterocycles. The first-order chi connectivity index (χ1) is 18.2. The predicted octanol–water partition coefficient (Wildman–Crippen LogP) is 6.75. The van der Waals surface area contributed by atoms with Crippen LogP contribution in [0.25, 0.3) is 16.7 Å². The second-order valence-electron chi connectivity index (χ2n) is 10.4. The molecule has 0 radical (unpaired) electrons. The van der Waals surface area contributed by atoms with E-state index >= 15 is 0 Å². The van der Waals surface area contributed by atoms with Crippen LogP contribution in [0.15, 0.2) is 72.3 Å². The largest absolute Gasteiger partial charge is 0.507 e. The number of carbonyl (C=O) groups excluding carboxylic acids is 2. The number of aliphatic hydroxyl groups is 1. The van der Waals surface area contributed by atoms with Crippen LogP contribution in [0.3, 0.4) is 0 Å². The summed E-state index contributed by atoms with van der Waals surface area (Å²) in [5, 5.41) is 12.4. The van der Waals surface area contributed by atoms with Crippen molar-refractivity contribution < 1.29 is 19.4 Å². The van der Waals surface area contributed by atoms with Gasteiger partial charge in [0.25, 0.3) is 11.7 Å². The molecule has 1 aliphatic rings. The summed E-state index contributed by atoms with van der Waals surface area (Å²) in [5.41, 5.74) is 5.74. The minimum Gasteiger partial charge on any atom is -0.507 e. The molecule has 1 atom stereocenters. The molecule has 1 unspecified atom stereocenters. The number of nitrogens with zero attached hydrogens (tertiary/aromatic N) is 1. The summed E-state index contributed by atoms with van der Waals surface area (Å²) < 4.78 is 5.77. The van der Waals surface area contributed by atoms with Gasteiger partial charge in [-0.15, -0.1) is 0 Å². The number of aliphatic hydroxyl groups excluding tert-OH is 1. The van der Waals surface area contributed by atoms with E-state index in [0.29, 0.717) is 29.5 Å². The van der Waals surface area contributed by atoms with Crippen LogP contribution in [-0.2, 0) is 9.59 Å². The standard InChI is InChI=1S/C32H32N2O4/c1-18(2)17-38-24-14-11-22(12-15-24)30(35)28-29(27-21(5)33-26-9-7-6-8-25(26)27)34(32(37)31(28)36)23-13-10-19(3)20(4)16-23/h6-16,18,29,33,35H,17H2,1-5H3/b30-28+. The summed E-state index contributed by atoms with van der Waals surface area (Å²) in [7, 11) is 0. The van der Waals surface area contributed by atoms with Gasteiger partial charge in [0.05, 0.1) is 18.2 Å². The van der Waals surface area contributed by atoms with E-state index in [9.17, 15) is 14.7 Å². The molecule has 1 fully saturated rings. The molecule has 38 heavy (non-hydrogen) atoms. The van der Waals surface area contributed by atoms with Crippen molar-refractivity contribution in [2.75, 3.05) is 11.5 Å². The fraction of sp³-hybridized carbons (Fsp3) is 0.250. The monoisotopic (exact) mass is 508 g/mol. The molecule has 2 N–H and O–H groups in total. The van der Waals surface area contributed by atoms with Crippen LogP contribution in [0, 0.1) is 26.7 Å². The molecular weight excluding hydrogens is 476 g/mol.